The minimum absolute atomic E-state index is 0.536. The molecule has 2 heteroatoms. The second-order valence-electron chi connectivity index (χ2n) is 5.12. The fourth-order valence-electron chi connectivity index (χ4n) is 2.63. The van der Waals surface area contributed by atoms with Crippen LogP contribution in [-0.2, 0) is 0 Å². The molecule has 0 aliphatic carbocycles. The third-order valence-electron chi connectivity index (χ3n) is 3.58. The van der Waals surface area contributed by atoms with Crippen molar-refractivity contribution >= 4 is 0 Å². The molecule has 0 aliphatic heterocycles. The van der Waals surface area contributed by atoms with Crippen molar-refractivity contribution < 1.29 is 4.74 Å². The lowest BCUT2D eigenvalue weighted by molar-refractivity contribution is 0.340. The molecular weight excluding hydrogens is 222 g/mol. The molecule has 18 heavy (non-hydrogen) atoms. The zero-order chi connectivity index (χ0) is 13.5. The lowest BCUT2D eigenvalue weighted by Gasteiger charge is -2.30. The fourth-order valence-corrected chi connectivity index (χ4v) is 2.63. The van der Waals surface area contributed by atoms with E-state index in [2.05, 4.69) is 57.3 Å². The third kappa shape index (κ3) is 3.74. The van der Waals surface area contributed by atoms with E-state index < -0.39 is 0 Å². The van der Waals surface area contributed by atoms with Gasteiger partial charge in [-0.1, -0.05) is 39.8 Å². The molecule has 0 bridgehead atoms. The number of hydrogen-bond donors (Lipinski definition) is 1. The molecule has 0 heterocycles. The molecule has 0 aromatic heterocycles. The Balaban J connectivity index is 2.91. The van der Waals surface area contributed by atoms with Gasteiger partial charge >= 0.3 is 0 Å². The van der Waals surface area contributed by atoms with E-state index in [1.165, 1.54) is 5.56 Å². The van der Waals surface area contributed by atoms with Crippen LogP contribution < -0.4 is 10.1 Å². The van der Waals surface area contributed by atoms with Crippen LogP contribution in [0.3, 0.4) is 0 Å². The Morgan fingerprint density at radius 1 is 1.11 bits per heavy atom. The Hall–Kier alpha value is -1.02. The standard InChI is InChI=1S/C16H27NO/c1-6-15(16(12(3)4)17-7-2)13-8-10-14(18-5)11-9-13/h8-12,15-17H,6-7H2,1-5H3. The highest BCUT2D eigenvalue weighted by Crippen LogP contribution is 2.28. The van der Waals surface area contributed by atoms with Crippen LogP contribution >= 0.6 is 0 Å². The molecule has 2 nitrogen and oxygen atoms in total. The average molecular weight is 249 g/mol. The topological polar surface area (TPSA) is 21.3 Å². The lowest BCUT2D eigenvalue weighted by atomic mass is 9.83. The first-order chi connectivity index (χ1) is 8.63. The minimum Gasteiger partial charge on any atom is -0.497 e. The summed E-state index contributed by atoms with van der Waals surface area (Å²) < 4.78 is 5.22. The van der Waals surface area contributed by atoms with E-state index in [4.69, 9.17) is 4.74 Å². The average Bonchev–Trinajstić information content (AvgIpc) is 2.39. The maximum absolute atomic E-state index is 5.22. The summed E-state index contributed by atoms with van der Waals surface area (Å²) in [4.78, 5) is 0. The van der Waals surface area contributed by atoms with Gasteiger partial charge in [0.15, 0.2) is 0 Å². The van der Waals surface area contributed by atoms with Crippen LogP contribution in [0.1, 0.15) is 45.6 Å². The second kappa shape index (κ2) is 7.42. The van der Waals surface area contributed by atoms with Crippen molar-refractivity contribution in [1.29, 1.82) is 0 Å². The Morgan fingerprint density at radius 3 is 2.11 bits per heavy atom. The summed E-state index contributed by atoms with van der Waals surface area (Å²) in [7, 11) is 1.71. The first-order valence-corrected chi connectivity index (χ1v) is 7.01. The highest BCUT2D eigenvalue weighted by Gasteiger charge is 2.23. The van der Waals surface area contributed by atoms with Crippen LogP contribution in [-0.4, -0.2) is 19.7 Å². The number of hydrogen-bond acceptors (Lipinski definition) is 2. The molecule has 0 amide bonds. The van der Waals surface area contributed by atoms with Crippen molar-refractivity contribution in [3.05, 3.63) is 29.8 Å². The maximum Gasteiger partial charge on any atom is 0.118 e. The predicted octanol–water partition coefficient (Wildman–Crippen LogP) is 3.82. The van der Waals surface area contributed by atoms with Gasteiger partial charge in [-0.25, -0.2) is 0 Å². The van der Waals surface area contributed by atoms with Crippen molar-refractivity contribution in [2.75, 3.05) is 13.7 Å². The van der Waals surface area contributed by atoms with E-state index in [0.717, 1.165) is 18.7 Å². The molecule has 2 unspecified atom stereocenters. The van der Waals surface area contributed by atoms with Gasteiger partial charge in [-0.3, -0.25) is 0 Å². The van der Waals surface area contributed by atoms with Crippen LogP contribution in [0.15, 0.2) is 24.3 Å². The monoisotopic (exact) mass is 249 g/mol. The van der Waals surface area contributed by atoms with Crippen molar-refractivity contribution in [2.24, 2.45) is 5.92 Å². The van der Waals surface area contributed by atoms with E-state index in [9.17, 15) is 0 Å². The van der Waals surface area contributed by atoms with E-state index in [1.807, 2.05) is 0 Å². The molecule has 1 N–H and O–H groups in total. The van der Waals surface area contributed by atoms with Crippen molar-refractivity contribution in [2.45, 2.75) is 46.1 Å². The summed E-state index contributed by atoms with van der Waals surface area (Å²) in [5, 5.41) is 3.63. The quantitative estimate of drug-likeness (QED) is 0.793. The zero-order valence-electron chi connectivity index (χ0n) is 12.4. The number of nitrogens with one attached hydrogen (secondary N) is 1. The molecule has 1 aromatic rings. The first kappa shape index (κ1) is 15.0. The number of benzene rings is 1. The van der Waals surface area contributed by atoms with Crippen LogP contribution in [0.25, 0.3) is 0 Å². The molecule has 0 saturated carbocycles. The minimum atomic E-state index is 0.536. The zero-order valence-corrected chi connectivity index (χ0v) is 12.4. The summed E-state index contributed by atoms with van der Waals surface area (Å²) in [6, 6.07) is 9.04. The number of methoxy groups -OCH3 is 1. The van der Waals surface area contributed by atoms with Gasteiger partial charge in [0.05, 0.1) is 7.11 Å². The van der Waals surface area contributed by atoms with Gasteiger partial charge in [-0.05, 0) is 42.5 Å². The SMILES string of the molecule is CCNC(C(C)C)C(CC)c1ccc(OC)cc1. The van der Waals surface area contributed by atoms with Crippen LogP contribution in [0.4, 0.5) is 0 Å². The first-order valence-electron chi connectivity index (χ1n) is 7.01. The van der Waals surface area contributed by atoms with Gasteiger partial charge in [-0.15, -0.1) is 0 Å². The predicted molar refractivity (Wildman–Crippen MR) is 78.3 cm³/mol. The van der Waals surface area contributed by atoms with Gasteiger partial charge in [-0.2, -0.15) is 0 Å². The van der Waals surface area contributed by atoms with Crippen LogP contribution in [0, 0.1) is 5.92 Å². The summed E-state index contributed by atoms with van der Waals surface area (Å²) in [5.41, 5.74) is 1.40. The van der Waals surface area contributed by atoms with E-state index in [0.29, 0.717) is 17.9 Å². The molecule has 0 aliphatic rings. The third-order valence-corrected chi connectivity index (χ3v) is 3.58. The number of ether oxygens (including phenoxy) is 1. The van der Waals surface area contributed by atoms with E-state index in [1.54, 1.807) is 7.11 Å². The molecule has 0 radical (unpaired) electrons. The summed E-state index contributed by atoms with van der Waals surface area (Å²) in [6.45, 7) is 10.0. The maximum atomic E-state index is 5.22. The summed E-state index contributed by atoms with van der Waals surface area (Å²) in [5.74, 6) is 2.13. The van der Waals surface area contributed by atoms with Gasteiger partial charge < -0.3 is 10.1 Å². The van der Waals surface area contributed by atoms with Gasteiger partial charge in [0.25, 0.3) is 0 Å². The normalized spacial score (nSPS) is 14.6. The molecule has 0 saturated heterocycles. The highest BCUT2D eigenvalue weighted by molar-refractivity contribution is 5.30. The molecule has 0 fully saturated rings. The molecule has 102 valence electrons. The smallest absolute Gasteiger partial charge is 0.118 e. The molecule has 2 atom stereocenters. The highest BCUT2D eigenvalue weighted by atomic mass is 16.5. The molecule has 0 spiro atoms. The molecule has 1 aromatic carbocycles. The van der Waals surface area contributed by atoms with Crippen molar-refractivity contribution in [1.82, 2.24) is 5.32 Å². The van der Waals surface area contributed by atoms with E-state index >= 15 is 0 Å². The van der Waals surface area contributed by atoms with E-state index in [-0.39, 0.29) is 0 Å². The van der Waals surface area contributed by atoms with Crippen LogP contribution in [0.2, 0.25) is 0 Å². The summed E-state index contributed by atoms with van der Waals surface area (Å²) >= 11 is 0. The number of likely N-dealkylation sites (N-methyl/N-ethyl adjacent to an activating group) is 1. The molecule has 1 rings (SSSR count). The Morgan fingerprint density at radius 2 is 1.72 bits per heavy atom. The Bertz CT molecular complexity index is 331. The second-order valence-corrected chi connectivity index (χ2v) is 5.12. The summed E-state index contributed by atoms with van der Waals surface area (Å²) in [6.07, 6.45) is 1.15. The van der Waals surface area contributed by atoms with Gasteiger partial charge in [0, 0.05) is 6.04 Å². The van der Waals surface area contributed by atoms with Crippen LogP contribution in [0.5, 0.6) is 5.75 Å². The van der Waals surface area contributed by atoms with Crippen molar-refractivity contribution in [3.63, 3.8) is 0 Å². The number of rotatable bonds is 7. The van der Waals surface area contributed by atoms with Gasteiger partial charge in [0.2, 0.25) is 0 Å². The lowest BCUT2D eigenvalue weighted by Crippen LogP contribution is -2.39. The molecular formula is C16H27NO. The Labute approximate surface area is 112 Å². The fraction of sp³-hybridized carbons (Fsp3) is 0.625. The van der Waals surface area contributed by atoms with Crippen molar-refractivity contribution in [3.8, 4) is 5.75 Å². The van der Waals surface area contributed by atoms with Gasteiger partial charge in [0.1, 0.15) is 5.75 Å². The Kier molecular flexibility index (Phi) is 6.20. The largest absolute Gasteiger partial charge is 0.497 e.